The number of fused-ring (bicyclic) bond motifs is 1. The molecule has 1 fully saturated rings. The second-order valence-corrected chi connectivity index (χ2v) is 12.0. The quantitative estimate of drug-likeness (QED) is 0.170. The zero-order chi connectivity index (χ0) is 29.4. The number of ether oxygens (including phenoxy) is 1. The number of hydrogen-bond acceptors (Lipinski definition) is 11. The van der Waals surface area contributed by atoms with Gasteiger partial charge in [-0.05, 0) is 75.8 Å². The summed E-state index contributed by atoms with van der Waals surface area (Å²) in [5.41, 5.74) is 1.93. The summed E-state index contributed by atoms with van der Waals surface area (Å²) >= 11 is 6.44. The van der Waals surface area contributed by atoms with Crippen LogP contribution in [0.4, 0.5) is 10.7 Å². The maximum Gasteiger partial charge on any atom is 0.435 e. The molecule has 1 aromatic carbocycles. The Bertz CT molecular complexity index is 1600. The van der Waals surface area contributed by atoms with Crippen molar-refractivity contribution in [3.05, 3.63) is 60.2 Å². The molecular formula is C28H31N7O3S3. The van der Waals surface area contributed by atoms with Crippen LogP contribution in [0.3, 0.4) is 0 Å². The van der Waals surface area contributed by atoms with Crippen molar-refractivity contribution in [1.29, 1.82) is 0 Å². The molecule has 0 bridgehead atoms. The molecule has 0 spiro atoms. The van der Waals surface area contributed by atoms with Crippen LogP contribution in [0.5, 0.6) is 0 Å². The van der Waals surface area contributed by atoms with Gasteiger partial charge in [-0.2, -0.15) is 9.78 Å². The molecule has 4 heterocycles. The van der Waals surface area contributed by atoms with Gasteiger partial charge in [0.1, 0.15) is 17.0 Å². The minimum absolute atomic E-state index is 0.453. The third-order valence-corrected chi connectivity index (χ3v) is 7.45. The number of nitrogens with one attached hydrogen (secondary N) is 1. The highest BCUT2D eigenvalue weighted by atomic mass is 33.1. The summed E-state index contributed by atoms with van der Waals surface area (Å²) in [6.45, 7) is 6.18. The Balaban J connectivity index is 0.00000189. The molecule has 0 unspecified atom stereocenters. The molecule has 41 heavy (non-hydrogen) atoms. The molecule has 214 valence electrons. The summed E-state index contributed by atoms with van der Waals surface area (Å²) in [5.74, 6) is 9.16. The highest BCUT2D eigenvalue weighted by Gasteiger charge is 2.20. The van der Waals surface area contributed by atoms with Crippen molar-refractivity contribution in [2.75, 3.05) is 23.4 Å². The number of aromatic nitrogens is 6. The first-order chi connectivity index (χ1) is 19.7. The molecular weight excluding hydrogens is 579 g/mol. The summed E-state index contributed by atoms with van der Waals surface area (Å²) in [6, 6.07) is 8.99. The van der Waals surface area contributed by atoms with Crippen molar-refractivity contribution in [2.45, 2.75) is 39.2 Å². The first-order valence-electron chi connectivity index (χ1n) is 12.9. The van der Waals surface area contributed by atoms with Gasteiger partial charge in [0.2, 0.25) is 5.95 Å². The van der Waals surface area contributed by atoms with E-state index in [1.165, 1.54) is 4.68 Å². The third kappa shape index (κ3) is 8.51. The highest BCUT2D eigenvalue weighted by molar-refractivity contribution is 8.59. The predicted octanol–water partition coefficient (Wildman–Crippen LogP) is 4.80. The zero-order valence-electron chi connectivity index (χ0n) is 22.9. The fourth-order valence-electron chi connectivity index (χ4n) is 4.10. The van der Waals surface area contributed by atoms with Gasteiger partial charge in [-0.3, -0.25) is 4.21 Å². The molecule has 0 amide bonds. The number of hydrogen-bond donors (Lipinski definition) is 3. The molecule has 1 aliphatic rings. The molecule has 3 aromatic heterocycles. The smallest absolute Gasteiger partial charge is 0.435 e. The third-order valence-electron chi connectivity index (χ3n) is 6.07. The standard InChI is InChI=1S/C28H29N7O3S.H2S2/c1-28(2,3)38-27(36)35-24-7-5-19(16-21(24)18-32-35)4-6-22-8-12-29-25(33-22)23-9-13-30-26(34-23)31-17-20-10-14-39(37)15-11-20;1-2/h5,7-9,12-13,16,18,20H,10-11,14-15,17H2,1-3H3,(H,30,31,34);1-2H. The number of thiol groups is 2. The van der Waals surface area contributed by atoms with Gasteiger partial charge in [0.15, 0.2) is 5.82 Å². The van der Waals surface area contributed by atoms with Crippen LogP contribution in [-0.4, -0.2) is 63.7 Å². The molecule has 1 N–H and O–H groups in total. The van der Waals surface area contributed by atoms with E-state index in [1.54, 1.807) is 36.8 Å². The molecule has 5 rings (SSSR count). The molecule has 4 aromatic rings. The van der Waals surface area contributed by atoms with E-state index in [-0.39, 0.29) is 0 Å². The fourth-order valence-corrected chi connectivity index (χ4v) is 5.50. The Morgan fingerprint density at radius 1 is 1.10 bits per heavy atom. The minimum atomic E-state index is -0.672. The SMILES string of the molecule is CC(C)(C)OC(=O)n1ncc2cc(C#Cc3ccnc(-c4ccnc(NCC5CCS(=O)CC5)n4)n3)ccc21.SS. The van der Waals surface area contributed by atoms with Crippen LogP contribution in [0.2, 0.25) is 0 Å². The minimum Gasteiger partial charge on any atom is -0.442 e. The van der Waals surface area contributed by atoms with E-state index in [0.29, 0.717) is 34.6 Å². The van der Waals surface area contributed by atoms with Crippen LogP contribution in [0.15, 0.2) is 48.9 Å². The van der Waals surface area contributed by atoms with Gasteiger partial charge in [-0.1, -0.05) is 5.92 Å². The van der Waals surface area contributed by atoms with E-state index in [1.807, 2.05) is 32.9 Å². The van der Waals surface area contributed by atoms with Gasteiger partial charge in [0.25, 0.3) is 0 Å². The second-order valence-electron chi connectivity index (χ2n) is 10.3. The number of anilines is 1. The lowest BCUT2D eigenvalue weighted by molar-refractivity contribution is 0.0522. The van der Waals surface area contributed by atoms with Crippen molar-refractivity contribution in [3.8, 4) is 23.4 Å². The lowest BCUT2D eigenvalue weighted by Gasteiger charge is -2.21. The fraction of sp³-hybridized carbons (Fsp3) is 0.357. The van der Waals surface area contributed by atoms with Crippen LogP contribution in [0.25, 0.3) is 22.4 Å². The van der Waals surface area contributed by atoms with Gasteiger partial charge >= 0.3 is 6.09 Å². The average Bonchev–Trinajstić information content (AvgIpc) is 3.40. The topological polar surface area (TPSA) is 125 Å². The second kappa shape index (κ2) is 13.9. The van der Waals surface area contributed by atoms with Gasteiger partial charge in [-0.15, -0.1) is 23.3 Å². The molecule has 10 nitrogen and oxygen atoms in total. The predicted molar refractivity (Wildman–Crippen MR) is 167 cm³/mol. The van der Waals surface area contributed by atoms with E-state index >= 15 is 0 Å². The van der Waals surface area contributed by atoms with E-state index in [9.17, 15) is 9.00 Å². The van der Waals surface area contributed by atoms with Crippen molar-refractivity contribution >= 4 is 57.1 Å². The van der Waals surface area contributed by atoms with Crippen molar-refractivity contribution in [2.24, 2.45) is 5.92 Å². The molecule has 0 atom stereocenters. The van der Waals surface area contributed by atoms with Gasteiger partial charge < -0.3 is 10.1 Å². The van der Waals surface area contributed by atoms with Gasteiger partial charge in [-0.25, -0.2) is 24.7 Å². The van der Waals surface area contributed by atoms with E-state index in [0.717, 1.165) is 41.8 Å². The Kier molecular flexibility index (Phi) is 10.4. The number of carbonyl (C=O) groups excluding carboxylic acids is 1. The molecule has 0 saturated carbocycles. The van der Waals surface area contributed by atoms with Crippen LogP contribution >= 0.6 is 23.3 Å². The Morgan fingerprint density at radius 2 is 1.85 bits per heavy atom. The summed E-state index contributed by atoms with van der Waals surface area (Å²) in [4.78, 5) is 30.3. The number of rotatable bonds is 4. The van der Waals surface area contributed by atoms with Crippen LogP contribution in [0, 0.1) is 17.8 Å². The summed E-state index contributed by atoms with van der Waals surface area (Å²) in [5, 5.41) is 8.25. The van der Waals surface area contributed by atoms with E-state index in [2.05, 4.69) is 65.5 Å². The molecule has 1 aliphatic heterocycles. The number of nitrogens with zero attached hydrogens (tertiary/aromatic N) is 6. The molecule has 0 radical (unpaired) electrons. The lowest BCUT2D eigenvalue weighted by Crippen LogP contribution is -2.27. The largest absolute Gasteiger partial charge is 0.442 e. The summed E-state index contributed by atoms with van der Waals surface area (Å²) in [6.07, 6.45) is 6.31. The molecule has 1 saturated heterocycles. The van der Waals surface area contributed by atoms with Gasteiger partial charge in [0, 0.05) is 52.2 Å². The van der Waals surface area contributed by atoms with Crippen LogP contribution in [-0.2, 0) is 15.5 Å². The maximum atomic E-state index is 12.4. The van der Waals surface area contributed by atoms with Crippen LogP contribution < -0.4 is 5.32 Å². The number of benzene rings is 1. The highest BCUT2D eigenvalue weighted by Crippen LogP contribution is 2.19. The normalized spacial score (nSPS) is 16.6. The Morgan fingerprint density at radius 3 is 2.61 bits per heavy atom. The Labute approximate surface area is 251 Å². The molecule has 0 aliphatic carbocycles. The van der Waals surface area contributed by atoms with Crippen LogP contribution in [0.1, 0.15) is 44.9 Å². The van der Waals surface area contributed by atoms with E-state index in [4.69, 9.17) is 4.74 Å². The lowest BCUT2D eigenvalue weighted by atomic mass is 10.0. The maximum absolute atomic E-state index is 12.4. The van der Waals surface area contributed by atoms with Crippen molar-refractivity contribution < 1.29 is 13.7 Å². The van der Waals surface area contributed by atoms with Crippen molar-refractivity contribution in [3.63, 3.8) is 0 Å². The average molecular weight is 610 g/mol. The van der Waals surface area contributed by atoms with Gasteiger partial charge in [0.05, 0.1) is 11.7 Å². The van der Waals surface area contributed by atoms with Crippen molar-refractivity contribution in [1.82, 2.24) is 29.7 Å². The Hall–Kier alpha value is -3.47. The zero-order valence-corrected chi connectivity index (χ0v) is 25.5. The van der Waals surface area contributed by atoms with E-state index < -0.39 is 22.5 Å². The monoisotopic (exact) mass is 609 g/mol. The summed E-state index contributed by atoms with van der Waals surface area (Å²) < 4.78 is 18.2. The first kappa shape index (κ1) is 30.5. The molecule has 13 heteroatoms. The summed E-state index contributed by atoms with van der Waals surface area (Å²) in [7, 11) is -0.672. The number of carbonyl (C=O) groups is 1. The first-order valence-corrected chi connectivity index (χ1v) is 16.0.